The molecule has 0 saturated carbocycles. The van der Waals surface area contributed by atoms with Gasteiger partial charge in [0.25, 0.3) is 0 Å². The summed E-state index contributed by atoms with van der Waals surface area (Å²) in [5.41, 5.74) is 0.772. The summed E-state index contributed by atoms with van der Waals surface area (Å²) in [5.74, 6) is -1.40. The van der Waals surface area contributed by atoms with Gasteiger partial charge in [-0.25, -0.2) is 4.79 Å². The van der Waals surface area contributed by atoms with Crippen LogP contribution in [0.5, 0.6) is 5.75 Å². The Morgan fingerprint density at radius 3 is 2.39 bits per heavy atom. The van der Waals surface area contributed by atoms with Gasteiger partial charge < -0.3 is 19.4 Å². The molecule has 1 aromatic rings. The Labute approximate surface area is 105 Å². The molecule has 0 spiro atoms. The first kappa shape index (κ1) is 13.8. The summed E-state index contributed by atoms with van der Waals surface area (Å²) in [6.45, 7) is 1.42. The van der Waals surface area contributed by atoms with Gasteiger partial charge in [0.15, 0.2) is 0 Å². The number of carboxylic acids is 1. The van der Waals surface area contributed by atoms with Gasteiger partial charge in [-0.05, 0) is 30.7 Å². The molecule has 0 atom stereocenters. The maximum absolute atomic E-state index is 11.4. The molecule has 96 valence electrons. The van der Waals surface area contributed by atoms with Crippen molar-refractivity contribution in [3.63, 3.8) is 0 Å². The third-order valence-corrected chi connectivity index (χ3v) is 2.19. The van der Waals surface area contributed by atoms with E-state index in [0.29, 0.717) is 11.8 Å². The Morgan fingerprint density at radius 1 is 1.28 bits per heavy atom. The van der Waals surface area contributed by atoms with Crippen LogP contribution < -0.4 is 9.84 Å². The number of carboxylic acid groups (broad SMARTS) is 1. The molecule has 0 aliphatic rings. The largest absolute Gasteiger partial charge is 0.545 e. The van der Waals surface area contributed by atoms with Crippen LogP contribution in [0.15, 0.2) is 35.9 Å². The first-order valence-electron chi connectivity index (χ1n) is 5.22. The van der Waals surface area contributed by atoms with E-state index in [0.717, 1.165) is 5.56 Å². The molecule has 0 aromatic heterocycles. The zero-order valence-electron chi connectivity index (χ0n) is 10.1. The molecule has 5 nitrogen and oxygen atoms in total. The van der Waals surface area contributed by atoms with E-state index in [1.807, 2.05) is 0 Å². The van der Waals surface area contributed by atoms with Crippen LogP contribution in [0.3, 0.4) is 0 Å². The van der Waals surface area contributed by atoms with E-state index in [1.165, 1.54) is 6.92 Å². The van der Waals surface area contributed by atoms with E-state index in [4.69, 9.17) is 9.47 Å². The van der Waals surface area contributed by atoms with Gasteiger partial charge in [-0.1, -0.05) is 12.1 Å². The third-order valence-electron chi connectivity index (χ3n) is 2.19. The number of hydrogen-bond donors (Lipinski definition) is 0. The fraction of sp³-hybridized carbons (Fsp3) is 0.231. The molecule has 0 amide bonds. The molecule has 0 fully saturated rings. The topological polar surface area (TPSA) is 75.7 Å². The van der Waals surface area contributed by atoms with Gasteiger partial charge in [0.2, 0.25) is 0 Å². The monoisotopic (exact) mass is 249 g/mol. The normalized spacial score (nSPS) is 10.9. The quantitative estimate of drug-likeness (QED) is 0.559. The maximum atomic E-state index is 11.4. The van der Waals surface area contributed by atoms with Crippen LogP contribution in [0.1, 0.15) is 12.5 Å². The smallest absolute Gasteiger partial charge is 0.334 e. The van der Waals surface area contributed by atoms with Crippen molar-refractivity contribution in [3.05, 3.63) is 41.5 Å². The molecule has 0 bridgehead atoms. The molecule has 0 heterocycles. The van der Waals surface area contributed by atoms with Gasteiger partial charge in [-0.15, -0.1) is 0 Å². The Morgan fingerprint density at radius 2 is 1.89 bits per heavy atom. The highest BCUT2D eigenvalue weighted by atomic mass is 16.5. The maximum Gasteiger partial charge on any atom is 0.334 e. The van der Waals surface area contributed by atoms with Crippen molar-refractivity contribution in [1.82, 2.24) is 0 Å². The Bertz CT molecular complexity index is 459. The van der Waals surface area contributed by atoms with Crippen molar-refractivity contribution in [2.75, 3.05) is 7.11 Å². The summed E-state index contributed by atoms with van der Waals surface area (Å²) in [6.07, 6.45) is 0.705. The van der Waals surface area contributed by atoms with Crippen LogP contribution in [-0.4, -0.2) is 19.0 Å². The van der Waals surface area contributed by atoms with Gasteiger partial charge in [-0.2, -0.15) is 0 Å². The predicted octanol–water partition coefficient (Wildman–Crippen LogP) is 0.435. The molecule has 0 saturated heterocycles. The zero-order valence-corrected chi connectivity index (χ0v) is 10.1. The number of hydrogen-bond acceptors (Lipinski definition) is 5. The van der Waals surface area contributed by atoms with Gasteiger partial charge in [-0.3, -0.25) is 0 Å². The van der Waals surface area contributed by atoms with E-state index in [2.05, 4.69) is 0 Å². The van der Waals surface area contributed by atoms with Crippen LogP contribution in [0, 0.1) is 0 Å². The van der Waals surface area contributed by atoms with Crippen molar-refractivity contribution in [1.29, 1.82) is 0 Å². The number of benzene rings is 1. The van der Waals surface area contributed by atoms with Crippen molar-refractivity contribution < 1.29 is 24.2 Å². The Hall–Kier alpha value is -2.30. The minimum Gasteiger partial charge on any atom is -0.545 e. The highest BCUT2D eigenvalue weighted by molar-refractivity contribution is 5.94. The van der Waals surface area contributed by atoms with Crippen LogP contribution in [0.25, 0.3) is 0 Å². The molecule has 18 heavy (non-hydrogen) atoms. The van der Waals surface area contributed by atoms with Gasteiger partial charge in [0, 0.05) is 5.57 Å². The fourth-order valence-electron chi connectivity index (χ4n) is 1.22. The summed E-state index contributed by atoms with van der Waals surface area (Å²) in [6, 6.07) is 6.99. The van der Waals surface area contributed by atoms with Crippen molar-refractivity contribution in [2.45, 2.75) is 13.5 Å². The van der Waals surface area contributed by atoms with Crippen LogP contribution >= 0.6 is 0 Å². The number of rotatable bonds is 5. The van der Waals surface area contributed by atoms with Gasteiger partial charge >= 0.3 is 5.97 Å². The molecule has 1 aromatic carbocycles. The second-order valence-electron chi connectivity index (χ2n) is 3.57. The summed E-state index contributed by atoms with van der Waals surface area (Å²) in [7, 11) is 1.56. The second kappa shape index (κ2) is 6.44. The number of ether oxygens (including phenoxy) is 2. The molecular weight excluding hydrogens is 236 g/mol. The van der Waals surface area contributed by atoms with E-state index < -0.39 is 11.9 Å². The molecule has 0 aliphatic heterocycles. The van der Waals surface area contributed by atoms with Gasteiger partial charge in [0.05, 0.1) is 13.1 Å². The van der Waals surface area contributed by atoms with Crippen molar-refractivity contribution in [2.24, 2.45) is 0 Å². The van der Waals surface area contributed by atoms with Crippen LogP contribution in [0.2, 0.25) is 0 Å². The minimum absolute atomic E-state index is 0.0106. The molecule has 5 heteroatoms. The average molecular weight is 249 g/mol. The summed E-state index contributed by atoms with van der Waals surface area (Å²) in [5, 5.41) is 10.2. The standard InChI is InChI=1S/C13H14O5/c1-9(7-12(14)15)13(16)18-8-10-3-5-11(17-2)6-4-10/h3-7H,8H2,1-2H3,(H,14,15)/p-1/b9-7-. The van der Waals surface area contributed by atoms with Gasteiger partial charge in [0.1, 0.15) is 12.4 Å². The van der Waals surface area contributed by atoms with Crippen molar-refractivity contribution >= 4 is 11.9 Å². The molecule has 0 aliphatic carbocycles. The van der Waals surface area contributed by atoms with Crippen LogP contribution in [-0.2, 0) is 20.9 Å². The number of methoxy groups -OCH3 is 1. The summed E-state index contributed by atoms with van der Waals surface area (Å²) in [4.78, 5) is 21.6. The Kier molecular flexibility index (Phi) is 4.92. The number of carbonyl (C=O) groups excluding carboxylic acids is 2. The second-order valence-corrected chi connectivity index (χ2v) is 3.57. The zero-order chi connectivity index (χ0) is 13.5. The average Bonchev–Trinajstić information content (AvgIpc) is 2.35. The van der Waals surface area contributed by atoms with E-state index in [-0.39, 0.29) is 12.2 Å². The first-order valence-corrected chi connectivity index (χ1v) is 5.22. The number of carbonyl (C=O) groups is 2. The van der Waals surface area contributed by atoms with Crippen LogP contribution in [0.4, 0.5) is 0 Å². The molecule has 0 N–H and O–H groups in total. The molecule has 0 radical (unpaired) electrons. The Balaban J connectivity index is 2.54. The lowest BCUT2D eigenvalue weighted by atomic mass is 10.2. The third kappa shape index (κ3) is 4.29. The van der Waals surface area contributed by atoms with E-state index in [1.54, 1.807) is 31.4 Å². The number of aliphatic carboxylic acids is 1. The minimum atomic E-state index is -1.42. The van der Waals surface area contributed by atoms with E-state index >= 15 is 0 Å². The number of esters is 1. The lowest BCUT2D eigenvalue weighted by Gasteiger charge is -2.06. The fourth-order valence-corrected chi connectivity index (χ4v) is 1.22. The molecule has 1 rings (SSSR count). The lowest BCUT2D eigenvalue weighted by Crippen LogP contribution is -2.20. The molecule has 0 unspecified atom stereocenters. The summed E-state index contributed by atoms with van der Waals surface area (Å²) < 4.78 is 9.91. The highest BCUT2D eigenvalue weighted by Gasteiger charge is 2.06. The first-order chi connectivity index (χ1) is 8.52. The SMILES string of the molecule is COc1ccc(COC(=O)/C(C)=C\C(=O)[O-])cc1. The lowest BCUT2D eigenvalue weighted by molar-refractivity contribution is -0.297. The predicted molar refractivity (Wildman–Crippen MR) is 61.6 cm³/mol. The molecular formula is C13H13O5-. The van der Waals surface area contributed by atoms with Crippen molar-refractivity contribution in [3.8, 4) is 5.75 Å². The summed E-state index contributed by atoms with van der Waals surface area (Å²) >= 11 is 0. The highest BCUT2D eigenvalue weighted by Crippen LogP contribution is 2.12. The van der Waals surface area contributed by atoms with E-state index in [9.17, 15) is 14.7 Å².